The Morgan fingerprint density at radius 2 is 2.00 bits per heavy atom. The lowest BCUT2D eigenvalue weighted by Gasteiger charge is -2.14. The number of likely N-dealkylation sites (N-methyl/N-ethyl adjacent to an activating group) is 1. The topological polar surface area (TPSA) is 112 Å². The highest BCUT2D eigenvalue weighted by atomic mass is 127. The standard InChI is InChI=1S/C28H22IN3O5S/c1-3-32-26(33)24(38-28(32)31-21-10-6-9-18(14-21)27(34)35)13-17-11-22(29)25(23(12-17)36-2)37-16-20-8-5-4-7-19(20)15-30/h4-14H,3,16H2,1-2H3,(H,34,35)/b24-13-,31-28?. The van der Waals surface area contributed by atoms with Crippen molar-refractivity contribution in [1.82, 2.24) is 4.90 Å². The Morgan fingerprint density at radius 3 is 2.71 bits per heavy atom. The molecule has 1 aliphatic rings. The van der Waals surface area contributed by atoms with Crippen LogP contribution >= 0.6 is 34.4 Å². The lowest BCUT2D eigenvalue weighted by molar-refractivity contribution is -0.122. The zero-order chi connectivity index (χ0) is 27.2. The fourth-order valence-electron chi connectivity index (χ4n) is 3.71. The van der Waals surface area contributed by atoms with Gasteiger partial charge in [0.05, 0.1) is 38.5 Å². The Hall–Kier alpha value is -3.82. The van der Waals surface area contributed by atoms with Gasteiger partial charge in [0.15, 0.2) is 16.7 Å². The van der Waals surface area contributed by atoms with Crippen LogP contribution in [0.2, 0.25) is 0 Å². The number of ether oxygens (including phenoxy) is 2. The third-order valence-electron chi connectivity index (χ3n) is 5.58. The largest absolute Gasteiger partial charge is 0.493 e. The SMILES string of the molecule is CCN1C(=O)/C(=C/c2cc(I)c(OCc3ccccc3C#N)c(OC)c2)SC1=Nc1cccc(C(=O)O)c1. The molecule has 1 aliphatic heterocycles. The Kier molecular flexibility index (Phi) is 8.70. The summed E-state index contributed by atoms with van der Waals surface area (Å²) in [6, 6.07) is 19.4. The van der Waals surface area contributed by atoms with Crippen molar-refractivity contribution >= 4 is 63.2 Å². The van der Waals surface area contributed by atoms with Crippen LogP contribution in [0.5, 0.6) is 11.5 Å². The number of hydrogen-bond acceptors (Lipinski definition) is 7. The summed E-state index contributed by atoms with van der Waals surface area (Å²) in [6.07, 6.45) is 1.77. The zero-order valence-electron chi connectivity index (χ0n) is 20.5. The third-order valence-corrected chi connectivity index (χ3v) is 7.39. The van der Waals surface area contributed by atoms with E-state index in [-0.39, 0.29) is 18.1 Å². The van der Waals surface area contributed by atoms with E-state index in [0.29, 0.717) is 39.4 Å². The number of methoxy groups -OCH3 is 1. The number of carbonyl (C=O) groups is 2. The molecule has 0 saturated carbocycles. The average molecular weight is 639 g/mol. The first-order chi connectivity index (χ1) is 18.3. The van der Waals surface area contributed by atoms with Gasteiger partial charge in [-0.05, 0) is 89.3 Å². The van der Waals surface area contributed by atoms with Crippen LogP contribution in [0.1, 0.15) is 34.0 Å². The van der Waals surface area contributed by atoms with E-state index in [1.165, 1.54) is 23.9 Å². The van der Waals surface area contributed by atoms with Crippen molar-refractivity contribution in [3.63, 3.8) is 0 Å². The lowest BCUT2D eigenvalue weighted by Crippen LogP contribution is -2.28. The molecule has 38 heavy (non-hydrogen) atoms. The molecular weight excluding hydrogens is 617 g/mol. The summed E-state index contributed by atoms with van der Waals surface area (Å²) in [5.74, 6) is -0.182. The second-order valence-electron chi connectivity index (χ2n) is 8.00. The molecule has 1 fully saturated rings. The number of carboxylic acid groups (broad SMARTS) is 1. The molecule has 1 saturated heterocycles. The van der Waals surface area contributed by atoms with Crippen LogP contribution in [0.4, 0.5) is 5.69 Å². The minimum absolute atomic E-state index is 0.125. The lowest BCUT2D eigenvalue weighted by atomic mass is 10.1. The highest BCUT2D eigenvalue weighted by Gasteiger charge is 2.32. The molecule has 4 rings (SSSR count). The van der Waals surface area contributed by atoms with Gasteiger partial charge in [-0.15, -0.1) is 0 Å². The second-order valence-corrected chi connectivity index (χ2v) is 10.2. The Bertz CT molecular complexity index is 1510. The number of amides is 1. The van der Waals surface area contributed by atoms with Crippen LogP contribution in [0, 0.1) is 14.9 Å². The van der Waals surface area contributed by atoms with Gasteiger partial charge in [0.25, 0.3) is 5.91 Å². The van der Waals surface area contributed by atoms with Crippen molar-refractivity contribution in [3.05, 3.63) is 91.4 Å². The zero-order valence-corrected chi connectivity index (χ0v) is 23.4. The summed E-state index contributed by atoms with van der Waals surface area (Å²) in [5, 5.41) is 19.1. The molecule has 0 bridgehead atoms. The number of benzene rings is 3. The quantitative estimate of drug-likeness (QED) is 0.235. The summed E-state index contributed by atoms with van der Waals surface area (Å²) in [7, 11) is 1.54. The van der Waals surface area contributed by atoms with Crippen LogP contribution < -0.4 is 9.47 Å². The van der Waals surface area contributed by atoms with Gasteiger partial charge in [0, 0.05) is 12.1 Å². The van der Waals surface area contributed by atoms with Gasteiger partial charge >= 0.3 is 5.97 Å². The average Bonchev–Trinajstić information content (AvgIpc) is 3.21. The van der Waals surface area contributed by atoms with Gasteiger partial charge in [-0.2, -0.15) is 5.26 Å². The van der Waals surface area contributed by atoms with Crippen molar-refractivity contribution in [1.29, 1.82) is 5.26 Å². The van der Waals surface area contributed by atoms with Crippen LogP contribution in [0.25, 0.3) is 6.08 Å². The molecule has 0 aliphatic carbocycles. The minimum atomic E-state index is -1.04. The number of nitrogens with zero attached hydrogens (tertiary/aromatic N) is 3. The van der Waals surface area contributed by atoms with E-state index in [9.17, 15) is 20.0 Å². The molecule has 0 spiro atoms. The number of aliphatic imine (C=N–C) groups is 1. The third kappa shape index (κ3) is 6.00. The molecule has 10 heteroatoms. The minimum Gasteiger partial charge on any atom is -0.493 e. The van der Waals surface area contributed by atoms with E-state index < -0.39 is 5.97 Å². The predicted molar refractivity (Wildman–Crippen MR) is 155 cm³/mol. The molecule has 1 N–H and O–H groups in total. The number of halogens is 1. The van der Waals surface area contributed by atoms with Crippen LogP contribution in [0.3, 0.4) is 0 Å². The van der Waals surface area contributed by atoms with E-state index in [4.69, 9.17) is 9.47 Å². The predicted octanol–water partition coefficient (Wildman–Crippen LogP) is 6.07. The van der Waals surface area contributed by atoms with Crippen molar-refractivity contribution in [2.24, 2.45) is 4.99 Å². The van der Waals surface area contributed by atoms with Gasteiger partial charge in [0.2, 0.25) is 0 Å². The molecule has 1 amide bonds. The molecule has 0 unspecified atom stereocenters. The highest BCUT2D eigenvalue weighted by Crippen LogP contribution is 2.38. The molecule has 0 aromatic heterocycles. The molecule has 192 valence electrons. The number of rotatable bonds is 8. The Balaban J connectivity index is 1.61. The number of thioether (sulfide) groups is 1. The smallest absolute Gasteiger partial charge is 0.335 e. The van der Waals surface area contributed by atoms with Crippen LogP contribution in [-0.4, -0.2) is 40.7 Å². The molecule has 1 heterocycles. The molecular formula is C28H22IN3O5S. The van der Waals surface area contributed by atoms with Crippen molar-refractivity contribution < 1.29 is 24.2 Å². The van der Waals surface area contributed by atoms with Gasteiger partial charge in [-0.25, -0.2) is 9.79 Å². The van der Waals surface area contributed by atoms with Crippen LogP contribution in [-0.2, 0) is 11.4 Å². The number of hydrogen-bond donors (Lipinski definition) is 1. The molecule has 0 atom stereocenters. The summed E-state index contributed by atoms with van der Waals surface area (Å²) in [6.45, 7) is 2.48. The molecule has 3 aromatic carbocycles. The summed E-state index contributed by atoms with van der Waals surface area (Å²) in [5.41, 5.74) is 2.65. The van der Waals surface area contributed by atoms with E-state index in [1.807, 2.05) is 25.1 Å². The first-order valence-electron chi connectivity index (χ1n) is 11.5. The van der Waals surface area contributed by atoms with Gasteiger partial charge < -0.3 is 14.6 Å². The number of nitriles is 1. The molecule has 8 nitrogen and oxygen atoms in total. The Labute approximate surface area is 237 Å². The van der Waals surface area contributed by atoms with E-state index in [0.717, 1.165) is 14.7 Å². The van der Waals surface area contributed by atoms with Gasteiger partial charge in [-0.3, -0.25) is 9.69 Å². The first-order valence-corrected chi connectivity index (χ1v) is 13.4. The van der Waals surface area contributed by atoms with Crippen molar-refractivity contribution in [2.75, 3.05) is 13.7 Å². The van der Waals surface area contributed by atoms with Gasteiger partial charge in [-0.1, -0.05) is 24.3 Å². The molecule has 3 aromatic rings. The molecule has 0 radical (unpaired) electrons. The maximum Gasteiger partial charge on any atom is 0.335 e. The number of aromatic carboxylic acids is 1. The Morgan fingerprint density at radius 1 is 1.21 bits per heavy atom. The van der Waals surface area contributed by atoms with Crippen molar-refractivity contribution in [2.45, 2.75) is 13.5 Å². The monoisotopic (exact) mass is 639 g/mol. The summed E-state index contributed by atoms with van der Waals surface area (Å²) < 4.78 is 12.4. The van der Waals surface area contributed by atoms with Gasteiger partial charge in [0.1, 0.15) is 6.61 Å². The second kappa shape index (κ2) is 12.1. The number of amidine groups is 1. The maximum absolute atomic E-state index is 13.1. The normalized spacial score (nSPS) is 15.1. The summed E-state index contributed by atoms with van der Waals surface area (Å²) >= 11 is 3.38. The fourth-order valence-corrected chi connectivity index (χ4v) is 5.55. The first kappa shape index (κ1) is 27.2. The number of carboxylic acids is 1. The number of carbonyl (C=O) groups excluding carboxylic acids is 1. The maximum atomic E-state index is 13.1. The van der Waals surface area contributed by atoms with E-state index in [1.54, 1.807) is 48.4 Å². The summed E-state index contributed by atoms with van der Waals surface area (Å²) in [4.78, 5) is 31.0. The van der Waals surface area contributed by atoms with Crippen LogP contribution in [0.15, 0.2) is 70.6 Å². The van der Waals surface area contributed by atoms with Crippen molar-refractivity contribution in [3.8, 4) is 17.6 Å². The highest BCUT2D eigenvalue weighted by molar-refractivity contribution is 14.1. The van der Waals surface area contributed by atoms with E-state index >= 15 is 0 Å². The fraction of sp³-hybridized carbons (Fsp3) is 0.143. The van der Waals surface area contributed by atoms with E-state index in [2.05, 4.69) is 33.7 Å².